The number of amides is 2. The number of nitrogens with zero attached hydrogens (tertiary/aromatic N) is 3. The predicted molar refractivity (Wildman–Crippen MR) is 108 cm³/mol. The zero-order valence-corrected chi connectivity index (χ0v) is 17.0. The Balaban J connectivity index is 1.64. The van der Waals surface area contributed by atoms with Gasteiger partial charge in [0.1, 0.15) is 17.1 Å². The molecule has 2 fully saturated rings. The number of halogens is 4. The minimum absolute atomic E-state index is 0.00389. The van der Waals surface area contributed by atoms with Gasteiger partial charge in [-0.15, -0.1) is 0 Å². The molecule has 4 N–H and O–H groups in total. The third-order valence-electron chi connectivity index (χ3n) is 5.96. The van der Waals surface area contributed by atoms with E-state index < -0.39 is 22.7 Å². The van der Waals surface area contributed by atoms with Crippen LogP contribution in [0.15, 0.2) is 30.9 Å². The maximum atomic E-state index is 13.3. The molecule has 1 spiro atoms. The fourth-order valence-electron chi connectivity index (χ4n) is 4.48. The van der Waals surface area contributed by atoms with Crippen LogP contribution < -0.4 is 11.5 Å². The van der Waals surface area contributed by atoms with E-state index in [9.17, 15) is 22.8 Å². The summed E-state index contributed by atoms with van der Waals surface area (Å²) in [4.78, 5) is 25.4. The lowest BCUT2D eigenvalue weighted by Gasteiger charge is -2.58. The van der Waals surface area contributed by atoms with Crippen LogP contribution >= 0.6 is 11.6 Å². The molecular weight excluding hydrogens is 435 g/mol. The standard InChI is InChI=1S/C20H19ClF3N5O2/c1-2-14(30)28-8-19(9-28)6-11(7-19)29-17(25)15(18(26)31)16(27-29)10-3-4-13(21)12(5-10)20(22,23)24/h2-5,11H,1,6-9,25H2,(H2,26,31). The maximum absolute atomic E-state index is 13.3. The number of carbonyl (C=O) groups excluding carboxylic acids is 2. The summed E-state index contributed by atoms with van der Waals surface area (Å²) in [5.41, 5.74) is 10.4. The van der Waals surface area contributed by atoms with Crippen molar-refractivity contribution in [3.8, 4) is 11.3 Å². The first-order chi connectivity index (χ1) is 14.5. The van der Waals surface area contributed by atoms with E-state index in [2.05, 4.69) is 11.7 Å². The van der Waals surface area contributed by atoms with Crippen LogP contribution in [0.25, 0.3) is 11.3 Å². The monoisotopic (exact) mass is 453 g/mol. The summed E-state index contributed by atoms with van der Waals surface area (Å²) in [5.74, 6) is -1.01. The highest BCUT2D eigenvalue weighted by atomic mass is 35.5. The molecule has 7 nitrogen and oxygen atoms in total. The van der Waals surface area contributed by atoms with Gasteiger partial charge in [0.2, 0.25) is 5.91 Å². The van der Waals surface area contributed by atoms with Crippen molar-refractivity contribution in [2.75, 3.05) is 18.8 Å². The molecule has 2 amide bonds. The Labute approximate surface area is 180 Å². The Morgan fingerprint density at radius 2 is 1.94 bits per heavy atom. The van der Waals surface area contributed by atoms with Crippen molar-refractivity contribution in [2.24, 2.45) is 11.1 Å². The zero-order chi connectivity index (χ0) is 22.7. The number of nitrogen functional groups attached to an aromatic ring is 1. The molecule has 2 aliphatic rings. The molecule has 1 saturated heterocycles. The molecule has 11 heteroatoms. The molecule has 4 rings (SSSR count). The summed E-state index contributed by atoms with van der Waals surface area (Å²) < 4.78 is 41.2. The third-order valence-corrected chi connectivity index (χ3v) is 6.29. The maximum Gasteiger partial charge on any atom is 0.417 e. The molecule has 1 saturated carbocycles. The third kappa shape index (κ3) is 3.44. The van der Waals surface area contributed by atoms with Crippen LogP contribution in [-0.2, 0) is 11.0 Å². The van der Waals surface area contributed by atoms with Gasteiger partial charge in [-0.05, 0) is 31.1 Å². The van der Waals surface area contributed by atoms with Gasteiger partial charge in [-0.3, -0.25) is 9.59 Å². The number of aromatic nitrogens is 2. The lowest BCUT2D eigenvalue weighted by atomic mass is 9.60. The van der Waals surface area contributed by atoms with Gasteiger partial charge in [-0.1, -0.05) is 24.2 Å². The predicted octanol–water partition coefficient (Wildman–Crippen LogP) is 3.25. The van der Waals surface area contributed by atoms with Crippen LogP contribution in [0.3, 0.4) is 0 Å². The Morgan fingerprint density at radius 3 is 2.48 bits per heavy atom. The van der Waals surface area contributed by atoms with Gasteiger partial charge < -0.3 is 16.4 Å². The quantitative estimate of drug-likeness (QED) is 0.693. The first kappa shape index (κ1) is 21.2. The van der Waals surface area contributed by atoms with E-state index in [0.717, 1.165) is 12.1 Å². The SMILES string of the molecule is C=CC(=O)N1CC2(CC(n3nc(-c4ccc(Cl)c(C(F)(F)F)c4)c(C(N)=O)c3N)C2)C1. The molecular formula is C20H19ClF3N5O2. The largest absolute Gasteiger partial charge is 0.417 e. The van der Waals surface area contributed by atoms with Crippen LogP contribution in [0, 0.1) is 5.41 Å². The van der Waals surface area contributed by atoms with Crippen molar-refractivity contribution in [1.29, 1.82) is 0 Å². The van der Waals surface area contributed by atoms with Gasteiger partial charge in [0.15, 0.2) is 0 Å². The minimum atomic E-state index is -4.67. The molecule has 2 aromatic rings. The Kier molecular flexibility index (Phi) is 4.80. The Hall–Kier alpha value is -3.01. The van der Waals surface area contributed by atoms with E-state index >= 15 is 0 Å². The molecule has 1 aromatic carbocycles. The van der Waals surface area contributed by atoms with Gasteiger partial charge >= 0.3 is 6.18 Å². The molecule has 0 atom stereocenters. The molecule has 1 aromatic heterocycles. The molecule has 164 valence electrons. The number of primary amides is 1. The van der Waals surface area contributed by atoms with Crippen molar-refractivity contribution in [3.63, 3.8) is 0 Å². The second-order valence-electron chi connectivity index (χ2n) is 8.07. The van der Waals surface area contributed by atoms with E-state index in [1.165, 1.54) is 16.8 Å². The summed E-state index contributed by atoms with van der Waals surface area (Å²) in [6.07, 6.45) is -2.06. The van der Waals surface area contributed by atoms with Gasteiger partial charge in [0, 0.05) is 24.1 Å². The van der Waals surface area contributed by atoms with E-state index in [1.54, 1.807) is 4.90 Å². The van der Waals surface area contributed by atoms with Crippen LogP contribution in [0.4, 0.5) is 19.0 Å². The summed E-state index contributed by atoms with van der Waals surface area (Å²) in [6.45, 7) is 4.66. The van der Waals surface area contributed by atoms with Crippen molar-refractivity contribution in [1.82, 2.24) is 14.7 Å². The van der Waals surface area contributed by atoms with Crippen molar-refractivity contribution >= 4 is 29.2 Å². The van der Waals surface area contributed by atoms with Crippen molar-refractivity contribution in [2.45, 2.75) is 25.1 Å². The highest BCUT2D eigenvalue weighted by Crippen LogP contribution is 2.55. The number of rotatable bonds is 4. The van der Waals surface area contributed by atoms with E-state index in [0.29, 0.717) is 25.9 Å². The van der Waals surface area contributed by atoms with Crippen molar-refractivity contribution in [3.05, 3.63) is 47.0 Å². The van der Waals surface area contributed by atoms with E-state index in [-0.39, 0.29) is 40.0 Å². The van der Waals surface area contributed by atoms with Crippen LogP contribution in [0.2, 0.25) is 5.02 Å². The van der Waals surface area contributed by atoms with E-state index in [1.807, 2.05) is 0 Å². The molecule has 0 bridgehead atoms. The van der Waals surface area contributed by atoms with Gasteiger partial charge in [0.25, 0.3) is 5.91 Å². The van der Waals surface area contributed by atoms with Crippen molar-refractivity contribution < 1.29 is 22.8 Å². The fourth-order valence-corrected chi connectivity index (χ4v) is 4.70. The van der Waals surface area contributed by atoms with Crippen LogP contribution in [-0.4, -0.2) is 39.6 Å². The number of carbonyl (C=O) groups is 2. The number of hydrogen-bond acceptors (Lipinski definition) is 4. The summed E-state index contributed by atoms with van der Waals surface area (Å²) >= 11 is 5.69. The molecule has 0 radical (unpaired) electrons. The van der Waals surface area contributed by atoms with Gasteiger partial charge in [-0.2, -0.15) is 18.3 Å². The topological polar surface area (TPSA) is 107 Å². The summed E-state index contributed by atoms with van der Waals surface area (Å²) in [5, 5.41) is 3.89. The summed E-state index contributed by atoms with van der Waals surface area (Å²) in [7, 11) is 0. The smallest absolute Gasteiger partial charge is 0.383 e. The molecule has 1 aliphatic heterocycles. The average Bonchev–Trinajstić information content (AvgIpc) is 2.96. The number of hydrogen-bond donors (Lipinski definition) is 2. The highest BCUT2D eigenvalue weighted by Gasteiger charge is 2.54. The second-order valence-corrected chi connectivity index (χ2v) is 8.48. The lowest BCUT2D eigenvalue weighted by Crippen LogP contribution is -2.63. The zero-order valence-electron chi connectivity index (χ0n) is 16.2. The van der Waals surface area contributed by atoms with E-state index in [4.69, 9.17) is 23.1 Å². The minimum Gasteiger partial charge on any atom is -0.383 e. The number of nitrogens with two attached hydrogens (primary N) is 2. The van der Waals surface area contributed by atoms with Gasteiger partial charge in [0.05, 0.1) is 16.6 Å². The summed E-state index contributed by atoms with van der Waals surface area (Å²) in [6, 6.07) is 3.11. The van der Waals surface area contributed by atoms with Crippen LogP contribution in [0.1, 0.15) is 34.8 Å². The number of likely N-dealkylation sites (tertiary alicyclic amines) is 1. The number of alkyl halides is 3. The highest BCUT2D eigenvalue weighted by molar-refractivity contribution is 6.31. The fraction of sp³-hybridized carbons (Fsp3) is 0.350. The normalized spacial score (nSPS) is 17.9. The molecule has 2 heterocycles. The molecule has 0 unspecified atom stereocenters. The lowest BCUT2D eigenvalue weighted by molar-refractivity contribution is -0.148. The molecule has 1 aliphatic carbocycles. The molecule has 31 heavy (non-hydrogen) atoms. The van der Waals surface area contributed by atoms with Gasteiger partial charge in [-0.25, -0.2) is 4.68 Å². The first-order valence-corrected chi connectivity index (χ1v) is 9.80. The number of anilines is 1. The average molecular weight is 454 g/mol. The van der Waals surface area contributed by atoms with Crippen LogP contribution in [0.5, 0.6) is 0 Å². The number of benzene rings is 1. The Morgan fingerprint density at radius 1 is 1.29 bits per heavy atom. The Bertz CT molecular complexity index is 1100. The second kappa shape index (κ2) is 7.01. The first-order valence-electron chi connectivity index (χ1n) is 9.42.